The van der Waals surface area contributed by atoms with E-state index < -0.39 is 10.0 Å². The molecule has 1 amide bonds. The SMILES string of the molecule is COc1ccc(C)cc1S(=O)(=O)N1CCCC(C(=O)N2CCNCC2)C1. The Morgan fingerprint density at radius 1 is 1.23 bits per heavy atom. The lowest BCUT2D eigenvalue weighted by Crippen LogP contribution is -2.51. The molecule has 7 nitrogen and oxygen atoms in total. The molecule has 2 fully saturated rings. The molecule has 1 N–H and O–H groups in total. The molecule has 1 atom stereocenters. The van der Waals surface area contributed by atoms with Crippen LogP contribution in [0.15, 0.2) is 23.1 Å². The number of hydrogen-bond acceptors (Lipinski definition) is 5. The molecule has 144 valence electrons. The fraction of sp³-hybridized carbons (Fsp3) is 0.611. The first-order valence-corrected chi connectivity index (χ1v) is 10.5. The third-order valence-corrected chi connectivity index (χ3v) is 6.99. The van der Waals surface area contributed by atoms with Crippen molar-refractivity contribution in [1.82, 2.24) is 14.5 Å². The van der Waals surface area contributed by atoms with E-state index in [9.17, 15) is 13.2 Å². The number of amides is 1. The summed E-state index contributed by atoms with van der Waals surface area (Å²) in [6.45, 7) is 5.49. The number of piperidine rings is 1. The van der Waals surface area contributed by atoms with Gasteiger partial charge in [-0.1, -0.05) is 6.07 Å². The van der Waals surface area contributed by atoms with Gasteiger partial charge in [-0.3, -0.25) is 4.79 Å². The second-order valence-corrected chi connectivity index (χ2v) is 8.84. The molecular weight excluding hydrogens is 354 g/mol. The van der Waals surface area contributed by atoms with Crippen molar-refractivity contribution < 1.29 is 17.9 Å². The summed E-state index contributed by atoms with van der Waals surface area (Å²) < 4.78 is 33.1. The Bertz CT molecular complexity index is 760. The number of ether oxygens (including phenoxy) is 1. The summed E-state index contributed by atoms with van der Waals surface area (Å²) in [6, 6.07) is 5.14. The van der Waals surface area contributed by atoms with E-state index in [4.69, 9.17) is 4.74 Å². The van der Waals surface area contributed by atoms with E-state index in [0.717, 1.165) is 25.1 Å². The van der Waals surface area contributed by atoms with Gasteiger partial charge >= 0.3 is 0 Å². The number of benzene rings is 1. The van der Waals surface area contributed by atoms with E-state index in [1.54, 1.807) is 12.1 Å². The van der Waals surface area contributed by atoms with Crippen LogP contribution in [0.4, 0.5) is 0 Å². The molecule has 1 aromatic rings. The molecule has 0 aromatic heterocycles. The van der Waals surface area contributed by atoms with Gasteiger partial charge in [-0.2, -0.15) is 4.31 Å². The summed E-state index contributed by atoms with van der Waals surface area (Å²) in [6.07, 6.45) is 1.43. The average molecular weight is 381 g/mol. The largest absolute Gasteiger partial charge is 0.495 e. The Morgan fingerprint density at radius 3 is 2.65 bits per heavy atom. The van der Waals surface area contributed by atoms with Gasteiger partial charge in [-0.25, -0.2) is 8.42 Å². The Kier molecular flexibility index (Phi) is 5.84. The van der Waals surface area contributed by atoms with Crippen molar-refractivity contribution in [2.45, 2.75) is 24.7 Å². The van der Waals surface area contributed by atoms with Gasteiger partial charge in [0.05, 0.1) is 13.0 Å². The van der Waals surface area contributed by atoms with E-state index in [1.807, 2.05) is 17.9 Å². The molecule has 8 heteroatoms. The number of carbonyl (C=O) groups is 1. The van der Waals surface area contributed by atoms with E-state index in [0.29, 0.717) is 31.8 Å². The minimum absolute atomic E-state index is 0.0719. The first-order chi connectivity index (χ1) is 12.4. The van der Waals surface area contributed by atoms with Crippen LogP contribution in [0.3, 0.4) is 0 Å². The highest BCUT2D eigenvalue weighted by molar-refractivity contribution is 7.89. The van der Waals surface area contributed by atoms with Crippen LogP contribution in [0.2, 0.25) is 0 Å². The quantitative estimate of drug-likeness (QED) is 0.836. The maximum atomic E-state index is 13.2. The topological polar surface area (TPSA) is 79.0 Å². The fourth-order valence-electron chi connectivity index (χ4n) is 3.63. The van der Waals surface area contributed by atoms with Gasteiger partial charge in [0.1, 0.15) is 10.6 Å². The summed E-state index contributed by atoms with van der Waals surface area (Å²) in [5, 5.41) is 3.23. The number of sulfonamides is 1. The molecule has 1 unspecified atom stereocenters. The van der Waals surface area contributed by atoms with Crippen LogP contribution in [0, 0.1) is 12.8 Å². The molecule has 2 aliphatic heterocycles. The van der Waals surface area contributed by atoms with Gasteiger partial charge in [0.2, 0.25) is 15.9 Å². The van der Waals surface area contributed by atoms with Crippen LogP contribution in [0.5, 0.6) is 5.75 Å². The molecular formula is C18H27N3O4S. The van der Waals surface area contributed by atoms with Crippen molar-refractivity contribution in [3.05, 3.63) is 23.8 Å². The summed E-state index contributed by atoms with van der Waals surface area (Å²) >= 11 is 0. The van der Waals surface area contributed by atoms with Gasteiger partial charge in [-0.05, 0) is 37.5 Å². The number of methoxy groups -OCH3 is 1. The number of nitrogens with one attached hydrogen (secondary N) is 1. The zero-order valence-electron chi connectivity index (χ0n) is 15.4. The molecule has 1 aromatic carbocycles. The fourth-order valence-corrected chi connectivity index (χ4v) is 5.39. The van der Waals surface area contributed by atoms with E-state index in [-0.39, 0.29) is 23.3 Å². The molecule has 3 rings (SSSR count). The zero-order chi connectivity index (χ0) is 18.7. The molecule has 0 aliphatic carbocycles. The van der Waals surface area contributed by atoms with Crippen molar-refractivity contribution in [3.63, 3.8) is 0 Å². The summed E-state index contributed by atoms with van der Waals surface area (Å²) in [4.78, 5) is 14.8. The van der Waals surface area contributed by atoms with Crippen LogP contribution in [-0.2, 0) is 14.8 Å². The minimum atomic E-state index is -3.70. The number of rotatable bonds is 4. The number of aryl methyl sites for hydroxylation is 1. The van der Waals surface area contributed by atoms with Crippen LogP contribution in [0.1, 0.15) is 18.4 Å². The summed E-state index contributed by atoms with van der Waals surface area (Å²) in [5.74, 6) is 0.140. The first kappa shape index (κ1) is 19.1. The number of nitrogens with zero attached hydrogens (tertiary/aromatic N) is 2. The lowest BCUT2D eigenvalue weighted by atomic mass is 9.98. The minimum Gasteiger partial charge on any atom is -0.495 e. The number of hydrogen-bond donors (Lipinski definition) is 1. The van der Waals surface area contributed by atoms with Gasteiger partial charge in [0.25, 0.3) is 0 Å². The molecule has 2 heterocycles. The third-order valence-electron chi connectivity index (χ3n) is 5.10. The number of piperazine rings is 1. The lowest BCUT2D eigenvalue weighted by Gasteiger charge is -2.36. The van der Waals surface area contributed by atoms with Gasteiger partial charge < -0.3 is 15.0 Å². The van der Waals surface area contributed by atoms with E-state index in [2.05, 4.69) is 5.32 Å². The van der Waals surface area contributed by atoms with Gasteiger partial charge in [0.15, 0.2) is 0 Å². The third kappa shape index (κ3) is 3.87. The first-order valence-electron chi connectivity index (χ1n) is 9.08. The molecule has 26 heavy (non-hydrogen) atoms. The Hall–Kier alpha value is -1.64. The average Bonchev–Trinajstić information content (AvgIpc) is 2.68. The Balaban J connectivity index is 1.80. The van der Waals surface area contributed by atoms with Crippen LogP contribution in [0.25, 0.3) is 0 Å². The molecule has 0 radical (unpaired) electrons. The molecule has 0 bridgehead atoms. The number of carbonyl (C=O) groups excluding carboxylic acids is 1. The van der Waals surface area contributed by atoms with Crippen LogP contribution >= 0.6 is 0 Å². The maximum Gasteiger partial charge on any atom is 0.246 e. The van der Waals surface area contributed by atoms with Gasteiger partial charge in [-0.15, -0.1) is 0 Å². The van der Waals surface area contributed by atoms with Gasteiger partial charge in [0, 0.05) is 39.3 Å². The van der Waals surface area contributed by atoms with Crippen molar-refractivity contribution in [3.8, 4) is 5.75 Å². The lowest BCUT2D eigenvalue weighted by molar-refractivity contribution is -0.137. The van der Waals surface area contributed by atoms with Crippen LogP contribution < -0.4 is 10.1 Å². The Morgan fingerprint density at radius 2 is 1.96 bits per heavy atom. The van der Waals surface area contributed by atoms with E-state index >= 15 is 0 Å². The highest BCUT2D eigenvalue weighted by Gasteiger charge is 2.36. The summed E-state index contributed by atoms with van der Waals surface area (Å²) in [7, 11) is -2.23. The predicted octanol–water partition coefficient (Wildman–Crippen LogP) is 0.836. The molecule has 0 saturated carbocycles. The maximum absolute atomic E-state index is 13.2. The second-order valence-electron chi connectivity index (χ2n) is 6.93. The van der Waals surface area contributed by atoms with Crippen molar-refractivity contribution in [2.24, 2.45) is 5.92 Å². The monoisotopic (exact) mass is 381 g/mol. The standard InChI is InChI=1S/C18H27N3O4S/c1-14-5-6-16(25-2)17(12-14)26(23,24)21-9-3-4-15(13-21)18(22)20-10-7-19-8-11-20/h5-6,12,15,19H,3-4,7-11,13H2,1-2H3. The highest BCUT2D eigenvalue weighted by atomic mass is 32.2. The highest BCUT2D eigenvalue weighted by Crippen LogP contribution is 2.31. The van der Waals surface area contributed by atoms with Crippen LogP contribution in [-0.4, -0.2) is 69.9 Å². The molecule has 2 aliphatic rings. The predicted molar refractivity (Wildman–Crippen MR) is 98.7 cm³/mol. The van der Waals surface area contributed by atoms with Crippen molar-refractivity contribution in [1.29, 1.82) is 0 Å². The smallest absolute Gasteiger partial charge is 0.246 e. The molecule has 2 saturated heterocycles. The molecule has 0 spiro atoms. The Labute approximate surface area is 155 Å². The van der Waals surface area contributed by atoms with Crippen molar-refractivity contribution >= 4 is 15.9 Å². The van der Waals surface area contributed by atoms with Crippen molar-refractivity contribution in [2.75, 3.05) is 46.4 Å². The normalized spacial score (nSPS) is 22.2. The zero-order valence-corrected chi connectivity index (χ0v) is 16.2. The second kappa shape index (κ2) is 7.94. The summed E-state index contributed by atoms with van der Waals surface area (Å²) in [5.41, 5.74) is 0.856. The van der Waals surface area contributed by atoms with E-state index in [1.165, 1.54) is 11.4 Å².